The maximum atomic E-state index is 9.76. The molecule has 6 nitrogen and oxygen atoms in total. The Labute approximate surface area is 268 Å². The minimum absolute atomic E-state index is 0.333. The molecule has 1 aliphatic heterocycles. The van der Waals surface area contributed by atoms with Gasteiger partial charge in [0.05, 0.1) is 25.9 Å². The summed E-state index contributed by atoms with van der Waals surface area (Å²) in [6.07, 6.45) is 2.43. The van der Waals surface area contributed by atoms with Gasteiger partial charge in [0.15, 0.2) is 0 Å². The lowest BCUT2D eigenvalue weighted by atomic mass is 10.3. The van der Waals surface area contributed by atoms with Crippen LogP contribution in [-0.2, 0) is 14.2 Å². The van der Waals surface area contributed by atoms with Crippen LogP contribution < -0.4 is 11.1 Å². The number of nitrogens with one attached hydrogen (secondary N) is 1. The molecule has 256 valence electrons. The number of epoxide rings is 1. The smallest absolute Gasteiger partial charge is 0.104 e. The molecule has 0 aromatic rings. The zero-order valence-corrected chi connectivity index (χ0v) is 35.0. The van der Waals surface area contributed by atoms with Crippen molar-refractivity contribution in [3.8, 4) is 0 Å². The van der Waals surface area contributed by atoms with E-state index in [9.17, 15) is 5.11 Å². The normalized spacial score (nSPS) is 16.6. The standard InChI is InChI=1S/C16H39NO2Si2.C13H30O2Si2.C3H9N/c1-15(2)17-13-16(18)14-19-9-8-10-21(6,7)12-11-20(3,4)5;1-16(2,3)9-10-17(4,5)8-6-7-14-11-13-12-15-13;1-3(2)4/h15-18H,8-14H2,1-7H3;13H,6-12H2,1-5H3;3H,4H2,1-2H3. The Morgan fingerprint density at radius 3 is 1.50 bits per heavy atom. The lowest BCUT2D eigenvalue weighted by Crippen LogP contribution is -2.34. The zero-order valence-electron chi connectivity index (χ0n) is 31.0. The fraction of sp³-hybridized carbons (Fsp3) is 1.00. The van der Waals surface area contributed by atoms with Crippen LogP contribution in [0.3, 0.4) is 0 Å². The summed E-state index contributed by atoms with van der Waals surface area (Å²) < 4.78 is 16.3. The molecule has 0 aromatic carbocycles. The van der Waals surface area contributed by atoms with Crippen LogP contribution in [0.25, 0.3) is 0 Å². The van der Waals surface area contributed by atoms with E-state index < -0.39 is 32.3 Å². The van der Waals surface area contributed by atoms with E-state index >= 15 is 0 Å². The number of rotatable bonds is 21. The van der Waals surface area contributed by atoms with Crippen LogP contribution in [0.1, 0.15) is 40.5 Å². The van der Waals surface area contributed by atoms with E-state index in [0.29, 0.717) is 31.3 Å². The molecule has 0 bridgehead atoms. The van der Waals surface area contributed by atoms with Gasteiger partial charge in [0.1, 0.15) is 6.10 Å². The minimum atomic E-state index is -1.04. The molecule has 0 radical (unpaired) electrons. The van der Waals surface area contributed by atoms with Crippen LogP contribution >= 0.6 is 0 Å². The van der Waals surface area contributed by atoms with Crippen LogP contribution in [0, 0.1) is 0 Å². The summed E-state index contributed by atoms with van der Waals surface area (Å²) in [5, 5.41) is 13.0. The number of hydrogen-bond acceptors (Lipinski definition) is 6. The largest absolute Gasteiger partial charge is 0.389 e. The summed E-state index contributed by atoms with van der Waals surface area (Å²) in [4.78, 5) is 0. The van der Waals surface area contributed by atoms with Gasteiger partial charge in [0.2, 0.25) is 0 Å². The van der Waals surface area contributed by atoms with E-state index in [4.69, 9.17) is 19.9 Å². The molecule has 0 aromatic heterocycles. The molecule has 0 aliphatic carbocycles. The third kappa shape index (κ3) is 38.7. The average molecular weight is 667 g/mol. The number of nitrogens with two attached hydrogens (primary N) is 1. The molecule has 1 saturated heterocycles. The van der Waals surface area contributed by atoms with Gasteiger partial charge in [-0.1, -0.05) is 129 Å². The highest BCUT2D eigenvalue weighted by Crippen LogP contribution is 2.25. The third-order valence-corrected chi connectivity index (χ3v) is 18.3. The van der Waals surface area contributed by atoms with E-state index in [1.165, 1.54) is 42.7 Å². The molecule has 1 aliphatic rings. The monoisotopic (exact) mass is 667 g/mol. The Morgan fingerprint density at radius 1 is 0.738 bits per heavy atom. The van der Waals surface area contributed by atoms with Crippen molar-refractivity contribution in [2.75, 3.05) is 39.6 Å². The lowest BCUT2D eigenvalue weighted by molar-refractivity contribution is 0.0364. The highest BCUT2D eigenvalue weighted by molar-refractivity contribution is 6.82. The van der Waals surface area contributed by atoms with Crippen LogP contribution in [0.2, 0.25) is 102 Å². The molecule has 2 atom stereocenters. The van der Waals surface area contributed by atoms with Gasteiger partial charge in [0.25, 0.3) is 0 Å². The topological polar surface area (TPSA) is 89.3 Å². The quantitative estimate of drug-likeness (QED) is 0.0654. The van der Waals surface area contributed by atoms with Gasteiger partial charge in [-0.15, -0.1) is 0 Å². The highest BCUT2D eigenvalue weighted by atomic mass is 28.3. The highest BCUT2D eigenvalue weighted by Gasteiger charge is 2.25. The average Bonchev–Trinajstić information content (AvgIpc) is 3.64. The van der Waals surface area contributed by atoms with Gasteiger partial charge in [-0.3, -0.25) is 0 Å². The van der Waals surface area contributed by atoms with E-state index in [2.05, 4.69) is 84.6 Å². The molecule has 0 saturated carbocycles. The molecule has 0 spiro atoms. The molecule has 2 unspecified atom stereocenters. The predicted octanol–water partition coefficient (Wildman–Crippen LogP) is 7.99. The summed E-state index contributed by atoms with van der Waals surface area (Å²) in [7, 11) is -3.72. The van der Waals surface area contributed by atoms with E-state index in [1.807, 2.05) is 13.8 Å². The molecule has 10 heteroatoms. The van der Waals surface area contributed by atoms with Gasteiger partial charge in [-0.25, -0.2) is 0 Å². The molecule has 1 rings (SSSR count). The first-order valence-corrected chi connectivity index (χ1v) is 31.2. The Kier molecular flexibility index (Phi) is 24.5. The van der Waals surface area contributed by atoms with Crippen molar-refractivity contribution in [2.24, 2.45) is 5.73 Å². The van der Waals surface area contributed by atoms with E-state index in [1.54, 1.807) is 0 Å². The van der Waals surface area contributed by atoms with Gasteiger partial charge in [-0.05, 0) is 18.9 Å². The fourth-order valence-electron chi connectivity index (χ4n) is 4.01. The molecular weight excluding hydrogens is 589 g/mol. The Balaban J connectivity index is 0. The van der Waals surface area contributed by atoms with Gasteiger partial charge in [-0.2, -0.15) is 0 Å². The first-order valence-electron chi connectivity index (χ1n) is 17.0. The van der Waals surface area contributed by atoms with Gasteiger partial charge in [0, 0.05) is 58.1 Å². The summed E-state index contributed by atoms with van der Waals surface area (Å²) in [5.41, 5.74) is 5.11. The van der Waals surface area contributed by atoms with Gasteiger partial charge >= 0.3 is 0 Å². The predicted molar refractivity (Wildman–Crippen MR) is 200 cm³/mol. The second-order valence-electron chi connectivity index (χ2n) is 17.2. The van der Waals surface area contributed by atoms with Crippen molar-refractivity contribution in [1.29, 1.82) is 0 Å². The van der Waals surface area contributed by atoms with Crippen molar-refractivity contribution in [3.63, 3.8) is 0 Å². The number of hydrogen-bond donors (Lipinski definition) is 3. The van der Waals surface area contributed by atoms with Crippen molar-refractivity contribution in [1.82, 2.24) is 5.32 Å². The number of ether oxygens (including phenoxy) is 3. The van der Waals surface area contributed by atoms with Crippen LogP contribution in [0.4, 0.5) is 0 Å². The van der Waals surface area contributed by atoms with E-state index in [-0.39, 0.29) is 6.10 Å². The Morgan fingerprint density at radius 2 is 1.14 bits per heavy atom. The summed E-state index contributed by atoms with van der Waals surface area (Å²) in [6.45, 7) is 37.5. The molecule has 0 amide bonds. The van der Waals surface area contributed by atoms with Crippen LogP contribution in [-0.4, -0.2) is 101 Å². The second kappa shape index (κ2) is 23.0. The zero-order chi connectivity index (χ0) is 33.0. The first-order chi connectivity index (χ1) is 19.0. The first kappa shape index (κ1) is 44.8. The SMILES string of the molecule is CC(C)N.CC(C)NCC(O)COCCC[Si](C)(C)CC[Si](C)(C)C.C[Si](C)(C)CC[Si](C)(C)CCCOCC1CO1. The second-order valence-corrected chi connectivity index (χ2v) is 39.1. The molecule has 1 heterocycles. The fourth-order valence-corrected chi connectivity index (χ4v) is 18.1. The maximum Gasteiger partial charge on any atom is 0.104 e. The molecule has 4 N–H and O–H groups in total. The van der Waals surface area contributed by atoms with Crippen molar-refractivity contribution < 1.29 is 19.3 Å². The lowest BCUT2D eigenvalue weighted by Gasteiger charge is -2.26. The van der Waals surface area contributed by atoms with Crippen molar-refractivity contribution in [3.05, 3.63) is 0 Å². The third-order valence-electron chi connectivity index (χ3n) is 7.17. The van der Waals surface area contributed by atoms with Crippen LogP contribution in [0.15, 0.2) is 0 Å². The number of aliphatic hydroxyl groups is 1. The van der Waals surface area contributed by atoms with Crippen molar-refractivity contribution >= 4 is 32.3 Å². The molecular formula is C32H78N2O4Si4. The maximum absolute atomic E-state index is 9.76. The molecule has 1 fully saturated rings. The summed E-state index contributed by atoms with van der Waals surface area (Å²) >= 11 is 0. The summed E-state index contributed by atoms with van der Waals surface area (Å²) in [5.74, 6) is 0. The minimum Gasteiger partial charge on any atom is -0.389 e. The Hall–Kier alpha value is 0.628. The Bertz CT molecular complexity index is 632. The van der Waals surface area contributed by atoms with Crippen molar-refractivity contribution in [2.45, 2.75) is 167 Å². The van der Waals surface area contributed by atoms with E-state index in [0.717, 1.165) is 32.8 Å². The van der Waals surface area contributed by atoms with Gasteiger partial charge < -0.3 is 30.4 Å². The summed E-state index contributed by atoms with van der Waals surface area (Å²) in [6, 6.07) is 9.45. The molecule has 42 heavy (non-hydrogen) atoms. The van der Waals surface area contributed by atoms with Crippen LogP contribution in [0.5, 0.6) is 0 Å². The number of aliphatic hydroxyl groups excluding tert-OH is 1.